The maximum atomic E-state index is 13.6. The highest BCUT2D eigenvalue weighted by molar-refractivity contribution is 8.00. The summed E-state index contributed by atoms with van der Waals surface area (Å²) in [6.07, 6.45) is 8.26. The maximum absolute atomic E-state index is 13.6. The van der Waals surface area contributed by atoms with Gasteiger partial charge in [-0.3, -0.25) is 19.7 Å². The standard InChI is InChI=1S/C25H39Cl2N3O4S/c1-13(31)28-15-7-9-17(20(11-15)16-4-2-3-5-18(16)24(33)34)23(32)30-25-29-22(12-35-25)19-8-6-14(26)10-21(19)27/h14-22,25,29H,2-12H2,1H3,(H,28,31)(H,30,32)(H,33,34). The Morgan fingerprint density at radius 2 is 1.66 bits per heavy atom. The first kappa shape index (κ1) is 27.3. The molecule has 0 aromatic heterocycles. The third kappa shape index (κ3) is 6.79. The Morgan fingerprint density at radius 1 is 0.886 bits per heavy atom. The van der Waals surface area contributed by atoms with Gasteiger partial charge in [0, 0.05) is 41.4 Å². The van der Waals surface area contributed by atoms with Gasteiger partial charge in [-0.2, -0.15) is 0 Å². The van der Waals surface area contributed by atoms with Crippen LogP contribution in [-0.2, 0) is 14.4 Å². The fourth-order valence-electron chi connectivity index (χ4n) is 7.00. The molecule has 10 heteroatoms. The zero-order valence-corrected chi connectivity index (χ0v) is 22.7. The van der Waals surface area contributed by atoms with E-state index in [1.165, 1.54) is 6.92 Å². The summed E-state index contributed by atoms with van der Waals surface area (Å²) < 4.78 is 0. The molecule has 0 aromatic rings. The van der Waals surface area contributed by atoms with E-state index in [9.17, 15) is 19.5 Å². The molecule has 1 saturated heterocycles. The molecule has 198 valence electrons. The molecule has 0 spiro atoms. The minimum atomic E-state index is -0.756. The number of halogens is 2. The molecule has 4 N–H and O–H groups in total. The molecule has 2 amide bonds. The van der Waals surface area contributed by atoms with Gasteiger partial charge in [0.25, 0.3) is 0 Å². The Hall–Kier alpha value is -0.700. The van der Waals surface area contributed by atoms with Gasteiger partial charge in [0.1, 0.15) is 5.50 Å². The van der Waals surface area contributed by atoms with Crippen molar-refractivity contribution in [1.82, 2.24) is 16.0 Å². The summed E-state index contributed by atoms with van der Waals surface area (Å²) in [6.45, 7) is 1.51. The smallest absolute Gasteiger partial charge is 0.306 e. The first-order chi connectivity index (χ1) is 16.7. The number of carbonyl (C=O) groups is 3. The minimum Gasteiger partial charge on any atom is -0.481 e. The van der Waals surface area contributed by atoms with Gasteiger partial charge in [0.15, 0.2) is 0 Å². The van der Waals surface area contributed by atoms with Crippen LogP contribution >= 0.6 is 35.0 Å². The molecule has 3 saturated carbocycles. The van der Waals surface area contributed by atoms with Crippen LogP contribution in [0.15, 0.2) is 0 Å². The number of carboxylic acids is 1. The molecule has 0 radical (unpaired) electrons. The van der Waals surface area contributed by atoms with Crippen molar-refractivity contribution in [2.45, 2.75) is 99.5 Å². The normalized spacial score (nSPS) is 42.3. The van der Waals surface area contributed by atoms with E-state index in [0.717, 1.165) is 50.7 Å². The molecule has 10 unspecified atom stereocenters. The molecule has 3 aliphatic carbocycles. The molecule has 1 heterocycles. The Balaban J connectivity index is 1.41. The number of rotatable bonds is 6. The Morgan fingerprint density at radius 3 is 2.37 bits per heavy atom. The molecule has 0 aromatic carbocycles. The van der Waals surface area contributed by atoms with Crippen molar-refractivity contribution in [2.75, 3.05) is 5.75 Å². The van der Waals surface area contributed by atoms with E-state index < -0.39 is 11.9 Å². The third-order valence-corrected chi connectivity index (χ3v) is 10.7. The van der Waals surface area contributed by atoms with Crippen molar-refractivity contribution in [3.05, 3.63) is 0 Å². The summed E-state index contributed by atoms with van der Waals surface area (Å²) in [5.41, 5.74) is -0.166. The summed E-state index contributed by atoms with van der Waals surface area (Å²) in [7, 11) is 0. The third-order valence-electron chi connectivity index (χ3n) is 8.69. The van der Waals surface area contributed by atoms with Crippen LogP contribution in [0.25, 0.3) is 0 Å². The van der Waals surface area contributed by atoms with Crippen molar-refractivity contribution in [3.8, 4) is 0 Å². The highest BCUT2D eigenvalue weighted by Gasteiger charge is 2.46. The number of carbonyl (C=O) groups excluding carboxylic acids is 2. The highest BCUT2D eigenvalue weighted by atomic mass is 35.5. The van der Waals surface area contributed by atoms with Gasteiger partial charge in [-0.25, -0.2) is 0 Å². The second-order valence-electron chi connectivity index (χ2n) is 11.0. The predicted octanol–water partition coefficient (Wildman–Crippen LogP) is 3.92. The number of nitrogens with one attached hydrogen (secondary N) is 3. The second kappa shape index (κ2) is 12.2. The van der Waals surface area contributed by atoms with Crippen molar-refractivity contribution in [3.63, 3.8) is 0 Å². The van der Waals surface area contributed by atoms with Crippen LogP contribution in [0.2, 0.25) is 0 Å². The molecule has 4 fully saturated rings. The van der Waals surface area contributed by atoms with Gasteiger partial charge >= 0.3 is 5.97 Å². The summed E-state index contributed by atoms with van der Waals surface area (Å²) in [5, 5.41) is 19.9. The SMILES string of the molecule is CC(=O)NC1CCC(C(=O)NC2NC(C3CCC(Cl)CC3Cl)CS2)C(C2CCCCC2C(=O)O)C1. The van der Waals surface area contributed by atoms with Crippen LogP contribution < -0.4 is 16.0 Å². The first-order valence-electron chi connectivity index (χ1n) is 13.2. The van der Waals surface area contributed by atoms with Crippen LogP contribution in [0.5, 0.6) is 0 Å². The van der Waals surface area contributed by atoms with E-state index in [-0.39, 0.29) is 57.9 Å². The van der Waals surface area contributed by atoms with E-state index in [1.54, 1.807) is 11.8 Å². The number of amides is 2. The van der Waals surface area contributed by atoms with E-state index in [1.807, 2.05) is 0 Å². The van der Waals surface area contributed by atoms with E-state index in [0.29, 0.717) is 25.2 Å². The average molecular weight is 549 g/mol. The molecule has 35 heavy (non-hydrogen) atoms. The zero-order chi connectivity index (χ0) is 25.1. The van der Waals surface area contributed by atoms with Crippen molar-refractivity contribution < 1.29 is 19.5 Å². The molecule has 7 nitrogen and oxygen atoms in total. The average Bonchev–Trinajstić information content (AvgIpc) is 3.26. The van der Waals surface area contributed by atoms with Crippen molar-refractivity contribution in [1.29, 1.82) is 0 Å². The maximum Gasteiger partial charge on any atom is 0.306 e. The van der Waals surface area contributed by atoms with Crippen LogP contribution in [0, 0.1) is 29.6 Å². The van der Waals surface area contributed by atoms with Gasteiger partial charge in [0.05, 0.1) is 5.92 Å². The van der Waals surface area contributed by atoms with Crippen LogP contribution in [0.3, 0.4) is 0 Å². The van der Waals surface area contributed by atoms with Crippen LogP contribution in [0.4, 0.5) is 0 Å². The lowest BCUT2D eigenvalue weighted by Crippen LogP contribution is -2.52. The molecular weight excluding hydrogens is 509 g/mol. The van der Waals surface area contributed by atoms with Gasteiger partial charge in [-0.15, -0.1) is 35.0 Å². The van der Waals surface area contributed by atoms with E-state index in [2.05, 4.69) is 16.0 Å². The molecule has 10 atom stereocenters. The Labute approximate surface area is 222 Å². The second-order valence-corrected chi connectivity index (χ2v) is 13.3. The summed E-state index contributed by atoms with van der Waals surface area (Å²) in [4.78, 5) is 37.3. The number of carboxylic acid groups (broad SMARTS) is 1. The summed E-state index contributed by atoms with van der Waals surface area (Å²) in [6, 6.07) is 0.247. The minimum absolute atomic E-state index is 0.000929. The molecule has 1 aliphatic heterocycles. The topological polar surface area (TPSA) is 108 Å². The first-order valence-corrected chi connectivity index (χ1v) is 15.1. The number of thioether (sulfide) groups is 1. The number of hydrogen-bond donors (Lipinski definition) is 4. The van der Waals surface area contributed by atoms with Gasteiger partial charge < -0.3 is 15.7 Å². The largest absolute Gasteiger partial charge is 0.481 e. The van der Waals surface area contributed by atoms with Gasteiger partial charge in [0.2, 0.25) is 11.8 Å². The zero-order valence-electron chi connectivity index (χ0n) is 20.4. The van der Waals surface area contributed by atoms with E-state index in [4.69, 9.17) is 23.2 Å². The van der Waals surface area contributed by atoms with Crippen LogP contribution in [0.1, 0.15) is 71.1 Å². The molecule has 0 bridgehead atoms. The molecular formula is C25H39Cl2N3O4S. The van der Waals surface area contributed by atoms with Gasteiger partial charge in [-0.05, 0) is 69.1 Å². The lowest BCUT2D eigenvalue weighted by molar-refractivity contribution is -0.148. The van der Waals surface area contributed by atoms with Crippen molar-refractivity contribution in [2.24, 2.45) is 29.6 Å². The van der Waals surface area contributed by atoms with Crippen molar-refractivity contribution >= 4 is 52.7 Å². The highest BCUT2D eigenvalue weighted by Crippen LogP contribution is 2.45. The molecule has 4 aliphatic rings. The fourth-order valence-corrected chi connectivity index (χ4v) is 9.14. The van der Waals surface area contributed by atoms with Gasteiger partial charge in [-0.1, -0.05) is 12.8 Å². The fraction of sp³-hybridized carbons (Fsp3) is 0.880. The van der Waals surface area contributed by atoms with Crippen LogP contribution in [-0.4, -0.2) is 57.0 Å². The Kier molecular flexibility index (Phi) is 9.55. The predicted molar refractivity (Wildman–Crippen MR) is 139 cm³/mol. The lowest BCUT2D eigenvalue weighted by Gasteiger charge is -2.43. The summed E-state index contributed by atoms with van der Waals surface area (Å²) in [5.74, 6) is -0.316. The number of hydrogen-bond acceptors (Lipinski definition) is 5. The monoisotopic (exact) mass is 547 g/mol. The molecule has 4 rings (SSSR count). The number of alkyl halides is 2. The van der Waals surface area contributed by atoms with E-state index >= 15 is 0 Å². The lowest BCUT2D eigenvalue weighted by atomic mass is 9.63. The summed E-state index contributed by atoms with van der Waals surface area (Å²) >= 11 is 14.6. The Bertz CT molecular complexity index is 790. The quantitative estimate of drug-likeness (QED) is 0.375. The number of aliphatic carboxylic acids is 1.